The van der Waals surface area contributed by atoms with Crippen LogP contribution < -0.4 is 0 Å². The number of hydrogen-bond donors (Lipinski definition) is 0. The molecule has 5 nitrogen and oxygen atoms in total. The zero-order chi connectivity index (χ0) is 17.7. The quantitative estimate of drug-likeness (QED) is 0.778. The minimum atomic E-state index is -4.47. The molecule has 0 aromatic heterocycles. The zero-order valence-electron chi connectivity index (χ0n) is 12.7. The Hall–Kier alpha value is -2.16. The maximum atomic E-state index is 12.9. The maximum Gasteiger partial charge on any atom is 0.411 e. The summed E-state index contributed by atoms with van der Waals surface area (Å²) in [6.45, 7) is -1.20. The smallest absolute Gasteiger partial charge is 0.362 e. The van der Waals surface area contributed by atoms with Crippen LogP contribution in [0.3, 0.4) is 0 Å². The fourth-order valence-corrected chi connectivity index (χ4v) is 2.28. The van der Waals surface area contributed by atoms with Gasteiger partial charge < -0.3 is 14.5 Å². The number of ether oxygens (including phenoxy) is 1. The van der Waals surface area contributed by atoms with Crippen LogP contribution in [0.25, 0.3) is 0 Å². The summed E-state index contributed by atoms with van der Waals surface area (Å²) in [5, 5.41) is 0. The van der Waals surface area contributed by atoms with Gasteiger partial charge in [-0.25, -0.2) is 4.39 Å². The minimum Gasteiger partial charge on any atom is -0.362 e. The van der Waals surface area contributed by atoms with Gasteiger partial charge in [-0.05, 0) is 24.3 Å². The molecule has 1 aromatic carbocycles. The molecule has 0 N–H and O–H groups in total. The van der Waals surface area contributed by atoms with Crippen molar-refractivity contribution in [3.05, 3.63) is 35.6 Å². The van der Waals surface area contributed by atoms with E-state index >= 15 is 0 Å². The lowest BCUT2D eigenvalue weighted by molar-refractivity contribution is -0.178. The lowest BCUT2D eigenvalue weighted by Crippen LogP contribution is -2.51. The van der Waals surface area contributed by atoms with Gasteiger partial charge in [0.15, 0.2) is 0 Å². The number of amides is 2. The van der Waals surface area contributed by atoms with Crippen LogP contribution >= 0.6 is 0 Å². The highest BCUT2D eigenvalue weighted by Gasteiger charge is 2.29. The Morgan fingerprint density at radius 3 is 2.08 bits per heavy atom. The van der Waals surface area contributed by atoms with Crippen LogP contribution in [0.15, 0.2) is 24.3 Å². The van der Waals surface area contributed by atoms with E-state index in [2.05, 4.69) is 4.74 Å². The maximum absolute atomic E-state index is 12.9. The van der Waals surface area contributed by atoms with Gasteiger partial charge in [-0.2, -0.15) is 13.2 Å². The lowest BCUT2D eigenvalue weighted by Gasteiger charge is -2.34. The molecular weight excluding hydrogens is 332 g/mol. The van der Waals surface area contributed by atoms with E-state index in [9.17, 15) is 27.2 Å². The van der Waals surface area contributed by atoms with E-state index in [-0.39, 0.29) is 32.1 Å². The van der Waals surface area contributed by atoms with Crippen molar-refractivity contribution in [1.82, 2.24) is 9.80 Å². The largest absolute Gasteiger partial charge is 0.411 e. The van der Waals surface area contributed by atoms with Gasteiger partial charge in [-0.1, -0.05) is 0 Å². The second-order valence-corrected chi connectivity index (χ2v) is 5.29. The Kier molecular flexibility index (Phi) is 5.76. The first-order chi connectivity index (χ1) is 11.3. The molecule has 1 aliphatic rings. The van der Waals surface area contributed by atoms with Gasteiger partial charge in [0.25, 0.3) is 5.91 Å². The summed E-state index contributed by atoms with van der Waals surface area (Å²) < 4.78 is 53.1. The fraction of sp³-hybridized carbons (Fsp3) is 0.467. The number of carbonyl (C=O) groups is 2. The molecule has 1 fully saturated rings. The number of piperazine rings is 1. The van der Waals surface area contributed by atoms with Crippen molar-refractivity contribution < 1.29 is 31.9 Å². The summed E-state index contributed by atoms with van der Waals surface area (Å²) in [6, 6.07) is 5.12. The van der Waals surface area contributed by atoms with Crippen LogP contribution in [-0.4, -0.2) is 67.2 Å². The van der Waals surface area contributed by atoms with E-state index in [0.29, 0.717) is 5.56 Å². The predicted molar refractivity (Wildman–Crippen MR) is 75.8 cm³/mol. The molecule has 1 aliphatic heterocycles. The summed E-state index contributed by atoms with van der Waals surface area (Å²) in [4.78, 5) is 26.8. The molecule has 0 unspecified atom stereocenters. The van der Waals surface area contributed by atoms with Crippen molar-refractivity contribution in [2.24, 2.45) is 0 Å². The third-order valence-corrected chi connectivity index (χ3v) is 3.50. The van der Waals surface area contributed by atoms with E-state index in [0.717, 1.165) is 0 Å². The molecule has 132 valence electrons. The van der Waals surface area contributed by atoms with E-state index in [4.69, 9.17) is 0 Å². The Bertz CT molecular complexity index is 581. The van der Waals surface area contributed by atoms with Gasteiger partial charge in [0.1, 0.15) is 19.0 Å². The number of alkyl halides is 3. The fourth-order valence-electron chi connectivity index (χ4n) is 2.28. The standard InChI is InChI=1S/C15H16F4N2O3/c16-12-3-1-11(2-4-12)14(23)21-7-5-20(6-8-21)13(22)9-24-10-15(17,18)19/h1-4H,5-10H2. The van der Waals surface area contributed by atoms with Gasteiger partial charge in [0.2, 0.25) is 5.91 Å². The molecule has 0 bridgehead atoms. The number of rotatable bonds is 4. The Morgan fingerprint density at radius 2 is 1.54 bits per heavy atom. The number of benzene rings is 1. The predicted octanol–water partition coefficient (Wildman–Crippen LogP) is 1.69. The van der Waals surface area contributed by atoms with Crippen LogP contribution in [0.4, 0.5) is 17.6 Å². The monoisotopic (exact) mass is 348 g/mol. The molecule has 1 heterocycles. The topological polar surface area (TPSA) is 49.9 Å². The zero-order valence-corrected chi connectivity index (χ0v) is 12.7. The number of halogens is 4. The average molecular weight is 348 g/mol. The summed E-state index contributed by atoms with van der Waals surface area (Å²) in [5.74, 6) is -1.27. The first kappa shape index (κ1) is 18.2. The highest BCUT2D eigenvalue weighted by atomic mass is 19.4. The molecule has 2 rings (SSSR count). The first-order valence-electron chi connectivity index (χ1n) is 7.23. The molecule has 1 saturated heterocycles. The van der Waals surface area contributed by atoms with Crippen LogP contribution in [0.5, 0.6) is 0 Å². The summed E-state index contributed by atoms with van der Waals surface area (Å²) in [5.41, 5.74) is 0.338. The second kappa shape index (κ2) is 7.61. The molecule has 1 aromatic rings. The van der Waals surface area contributed by atoms with E-state index in [1.165, 1.54) is 34.1 Å². The Morgan fingerprint density at radius 1 is 1.00 bits per heavy atom. The second-order valence-electron chi connectivity index (χ2n) is 5.29. The molecular formula is C15H16F4N2O3. The van der Waals surface area contributed by atoms with Crippen molar-refractivity contribution in [2.75, 3.05) is 39.4 Å². The number of carbonyl (C=O) groups excluding carboxylic acids is 2. The molecule has 9 heteroatoms. The van der Waals surface area contributed by atoms with Crippen LogP contribution in [0.2, 0.25) is 0 Å². The van der Waals surface area contributed by atoms with Crippen LogP contribution in [-0.2, 0) is 9.53 Å². The van der Waals surface area contributed by atoms with Gasteiger partial charge in [0.05, 0.1) is 0 Å². The van der Waals surface area contributed by atoms with Crippen molar-refractivity contribution in [3.8, 4) is 0 Å². The van der Waals surface area contributed by atoms with E-state index in [1.807, 2.05) is 0 Å². The average Bonchev–Trinajstić information content (AvgIpc) is 2.54. The van der Waals surface area contributed by atoms with Crippen molar-refractivity contribution in [1.29, 1.82) is 0 Å². The lowest BCUT2D eigenvalue weighted by atomic mass is 10.2. The first-order valence-corrected chi connectivity index (χ1v) is 7.23. The number of nitrogens with zero attached hydrogens (tertiary/aromatic N) is 2. The van der Waals surface area contributed by atoms with Crippen LogP contribution in [0.1, 0.15) is 10.4 Å². The molecule has 0 saturated carbocycles. The third kappa shape index (κ3) is 5.19. The van der Waals surface area contributed by atoms with E-state index in [1.54, 1.807) is 0 Å². The van der Waals surface area contributed by atoms with Gasteiger partial charge in [-0.3, -0.25) is 9.59 Å². The Balaban J connectivity index is 1.79. The van der Waals surface area contributed by atoms with Crippen LogP contribution in [0, 0.1) is 5.82 Å². The van der Waals surface area contributed by atoms with Crippen molar-refractivity contribution in [3.63, 3.8) is 0 Å². The van der Waals surface area contributed by atoms with Gasteiger partial charge in [-0.15, -0.1) is 0 Å². The third-order valence-electron chi connectivity index (χ3n) is 3.50. The highest BCUT2D eigenvalue weighted by Crippen LogP contribution is 2.15. The normalized spacial score (nSPS) is 15.5. The summed E-state index contributed by atoms with van der Waals surface area (Å²) >= 11 is 0. The molecule has 0 radical (unpaired) electrons. The van der Waals surface area contributed by atoms with Crippen molar-refractivity contribution >= 4 is 11.8 Å². The summed E-state index contributed by atoms with van der Waals surface area (Å²) in [6.07, 6.45) is -4.47. The van der Waals surface area contributed by atoms with E-state index < -0.39 is 31.1 Å². The molecule has 0 spiro atoms. The molecule has 24 heavy (non-hydrogen) atoms. The highest BCUT2D eigenvalue weighted by molar-refractivity contribution is 5.94. The SMILES string of the molecule is O=C(COCC(F)(F)F)N1CCN(C(=O)c2ccc(F)cc2)CC1. The summed E-state index contributed by atoms with van der Waals surface area (Å²) in [7, 11) is 0. The Labute approximate surface area is 135 Å². The molecule has 0 aliphatic carbocycles. The molecule has 0 atom stereocenters. The molecule has 2 amide bonds. The van der Waals surface area contributed by atoms with Gasteiger partial charge >= 0.3 is 6.18 Å². The minimum absolute atomic E-state index is 0.209. The van der Waals surface area contributed by atoms with Crippen molar-refractivity contribution in [2.45, 2.75) is 6.18 Å². The number of hydrogen-bond acceptors (Lipinski definition) is 3. The van der Waals surface area contributed by atoms with Gasteiger partial charge in [0, 0.05) is 31.7 Å².